The smallest absolute Gasteiger partial charge is 0.274 e. The van der Waals surface area contributed by atoms with Crippen LogP contribution in [0.4, 0.5) is 0 Å². The fourth-order valence-corrected chi connectivity index (χ4v) is 2.91. The number of aryl methyl sites for hydroxylation is 1. The summed E-state index contributed by atoms with van der Waals surface area (Å²) in [5.74, 6) is 1.29. The minimum absolute atomic E-state index is 0.291. The summed E-state index contributed by atoms with van der Waals surface area (Å²) in [7, 11) is 0. The van der Waals surface area contributed by atoms with E-state index < -0.39 is 6.04 Å². The number of amides is 1. The van der Waals surface area contributed by atoms with Crippen LogP contribution in [0, 0.1) is 0 Å². The molecular formula is C17H17N5O3. The Balaban J connectivity index is 1.49. The van der Waals surface area contributed by atoms with Crippen LogP contribution in [0.25, 0.3) is 11.4 Å². The quantitative estimate of drug-likeness (QED) is 0.778. The van der Waals surface area contributed by atoms with Crippen molar-refractivity contribution in [1.82, 2.24) is 25.6 Å². The van der Waals surface area contributed by atoms with Crippen molar-refractivity contribution in [2.45, 2.75) is 38.6 Å². The van der Waals surface area contributed by atoms with Crippen molar-refractivity contribution in [3.05, 3.63) is 47.4 Å². The van der Waals surface area contributed by atoms with Crippen LogP contribution in [0.15, 0.2) is 33.6 Å². The number of hydrogen-bond acceptors (Lipinski definition) is 7. The zero-order chi connectivity index (χ0) is 17.2. The maximum atomic E-state index is 12.5. The van der Waals surface area contributed by atoms with Gasteiger partial charge in [-0.1, -0.05) is 10.3 Å². The van der Waals surface area contributed by atoms with Gasteiger partial charge in [0.2, 0.25) is 11.7 Å². The molecule has 128 valence electrons. The molecule has 0 radical (unpaired) electrons. The standard InChI is InChI=1S/C17H17N5O3/c1-10(17-20-15(22-25-17)11-5-4-8-18-9-11)19-16(23)14-12-6-2-3-7-13(12)24-21-14/h4-5,8-10H,2-3,6-7H2,1H3,(H,19,23)/t10-/m1/s1. The lowest BCUT2D eigenvalue weighted by Gasteiger charge is -2.11. The van der Waals surface area contributed by atoms with Crippen LogP contribution in [0.5, 0.6) is 0 Å². The van der Waals surface area contributed by atoms with Crippen LogP contribution in [0.2, 0.25) is 0 Å². The van der Waals surface area contributed by atoms with E-state index in [0.717, 1.165) is 42.6 Å². The molecule has 1 atom stereocenters. The number of carbonyl (C=O) groups is 1. The molecule has 0 saturated carbocycles. The van der Waals surface area contributed by atoms with Crippen LogP contribution < -0.4 is 5.32 Å². The second-order valence-electron chi connectivity index (χ2n) is 6.03. The Morgan fingerprint density at radius 1 is 1.24 bits per heavy atom. The fraction of sp³-hybridized carbons (Fsp3) is 0.353. The molecule has 1 N–H and O–H groups in total. The Morgan fingerprint density at radius 3 is 2.96 bits per heavy atom. The summed E-state index contributed by atoms with van der Waals surface area (Å²) in [5.41, 5.74) is 2.02. The Labute approximate surface area is 143 Å². The Hall–Kier alpha value is -3.03. The molecule has 0 spiro atoms. The van der Waals surface area contributed by atoms with Crippen molar-refractivity contribution >= 4 is 5.91 Å². The third-order valence-corrected chi connectivity index (χ3v) is 4.24. The number of aromatic nitrogens is 4. The molecule has 1 aliphatic rings. The van der Waals surface area contributed by atoms with E-state index in [4.69, 9.17) is 9.05 Å². The van der Waals surface area contributed by atoms with E-state index in [-0.39, 0.29) is 5.91 Å². The molecule has 25 heavy (non-hydrogen) atoms. The first-order valence-electron chi connectivity index (χ1n) is 8.24. The van der Waals surface area contributed by atoms with Gasteiger partial charge in [-0.2, -0.15) is 4.98 Å². The summed E-state index contributed by atoms with van der Waals surface area (Å²) in [6.07, 6.45) is 7.09. The molecule has 0 fully saturated rings. The van der Waals surface area contributed by atoms with Crippen LogP contribution in [-0.2, 0) is 12.8 Å². The predicted molar refractivity (Wildman–Crippen MR) is 86.6 cm³/mol. The highest BCUT2D eigenvalue weighted by molar-refractivity contribution is 5.94. The second kappa shape index (κ2) is 6.46. The number of pyridine rings is 1. The van der Waals surface area contributed by atoms with Gasteiger partial charge in [-0.15, -0.1) is 0 Å². The molecule has 0 aliphatic heterocycles. The largest absolute Gasteiger partial charge is 0.360 e. The van der Waals surface area contributed by atoms with Gasteiger partial charge in [0.1, 0.15) is 11.8 Å². The van der Waals surface area contributed by atoms with Crippen molar-refractivity contribution < 1.29 is 13.8 Å². The summed E-state index contributed by atoms with van der Waals surface area (Å²) in [6.45, 7) is 1.78. The van der Waals surface area contributed by atoms with E-state index in [0.29, 0.717) is 17.4 Å². The van der Waals surface area contributed by atoms with Gasteiger partial charge in [-0.05, 0) is 38.3 Å². The van der Waals surface area contributed by atoms with E-state index in [1.165, 1.54) is 0 Å². The van der Waals surface area contributed by atoms with Gasteiger partial charge in [0.05, 0.1) is 0 Å². The van der Waals surface area contributed by atoms with E-state index in [9.17, 15) is 4.79 Å². The first kappa shape index (κ1) is 15.5. The number of fused-ring (bicyclic) bond motifs is 1. The number of nitrogens with zero attached hydrogens (tertiary/aromatic N) is 4. The van der Waals surface area contributed by atoms with Crippen molar-refractivity contribution in [3.8, 4) is 11.4 Å². The molecule has 0 unspecified atom stereocenters. The number of rotatable bonds is 4. The second-order valence-corrected chi connectivity index (χ2v) is 6.03. The fourth-order valence-electron chi connectivity index (χ4n) is 2.91. The monoisotopic (exact) mass is 339 g/mol. The van der Waals surface area contributed by atoms with Crippen LogP contribution in [0.1, 0.15) is 53.5 Å². The molecule has 4 rings (SSSR count). The maximum absolute atomic E-state index is 12.5. The maximum Gasteiger partial charge on any atom is 0.274 e. The number of nitrogens with one attached hydrogen (secondary N) is 1. The Kier molecular flexibility index (Phi) is 4.01. The lowest BCUT2D eigenvalue weighted by molar-refractivity contribution is 0.0922. The van der Waals surface area contributed by atoms with Gasteiger partial charge in [-0.3, -0.25) is 9.78 Å². The SMILES string of the molecule is C[C@@H](NC(=O)c1noc2c1CCCC2)c1nc(-c2cccnc2)no1. The molecule has 8 heteroatoms. The summed E-state index contributed by atoms with van der Waals surface area (Å²) in [6, 6.07) is 3.19. The Bertz CT molecular complexity index is 887. The molecule has 8 nitrogen and oxygen atoms in total. The van der Waals surface area contributed by atoms with Crippen molar-refractivity contribution in [2.75, 3.05) is 0 Å². The zero-order valence-corrected chi connectivity index (χ0v) is 13.7. The molecule has 3 aromatic rings. The van der Waals surface area contributed by atoms with Crippen molar-refractivity contribution in [1.29, 1.82) is 0 Å². The molecule has 1 amide bonds. The Morgan fingerprint density at radius 2 is 2.12 bits per heavy atom. The molecule has 1 aliphatic carbocycles. The van der Waals surface area contributed by atoms with Gasteiger partial charge in [-0.25, -0.2) is 0 Å². The summed E-state index contributed by atoms with van der Waals surface area (Å²) < 4.78 is 10.6. The minimum Gasteiger partial charge on any atom is -0.360 e. The van der Waals surface area contributed by atoms with E-state index >= 15 is 0 Å². The highest BCUT2D eigenvalue weighted by Gasteiger charge is 2.26. The summed E-state index contributed by atoms with van der Waals surface area (Å²) in [5, 5.41) is 10.7. The summed E-state index contributed by atoms with van der Waals surface area (Å²) in [4.78, 5) is 20.9. The number of hydrogen-bond donors (Lipinski definition) is 1. The number of carbonyl (C=O) groups excluding carboxylic acids is 1. The molecule has 0 aromatic carbocycles. The highest BCUT2D eigenvalue weighted by Crippen LogP contribution is 2.25. The average Bonchev–Trinajstić information content (AvgIpc) is 3.30. The van der Waals surface area contributed by atoms with Crippen molar-refractivity contribution in [2.24, 2.45) is 0 Å². The van der Waals surface area contributed by atoms with Gasteiger partial charge in [0, 0.05) is 29.9 Å². The van der Waals surface area contributed by atoms with Gasteiger partial charge in [0.25, 0.3) is 5.91 Å². The first-order valence-corrected chi connectivity index (χ1v) is 8.24. The minimum atomic E-state index is -0.443. The van der Waals surface area contributed by atoms with Gasteiger partial charge < -0.3 is 14.4 Å². The highest BCUT2D eigenvalue weighted by atomic mass is 16.5. The molecule has 3 aromatic heterocycles. The predicted octanol–water partition coefficient (Wildman–Crippen LogP) is 2.49. The zero-order valence-electron chi connectivity index (χ0n) is 13.7. The lowest BCUT2D eigenvalue weighted by Crippen LogP contribution is -2.28. The van der Waals surface area contributed by atoms with Gasteiger partial charge >= 0.3 is 0 Å². The van der Waals surface area contributed by atoms with Crippen molar-refractivity contribution in [3.63, 3.8) is 0 Å². The van der Waals surface area contributed by atoms with Crippen LogP contribution in [0.3, 0.4) is 0 Å². The lowest BCUT2D eigenvalue weighted by atomic mass is 9.96. The third kappa shape index (κ3) is 3.02. The molecule has 0 saturated heterocycles. The van der Waals surface area contributed by atoms with E-state index in [2.05, 4.69) is 25.6 Å². The van der Waals surface area contributed by atoms with E-state index in [1.807, 2.05) is 6.07 Å². The molecular weight excluding hydrogens is 322 g/mol. The van der Waals surface area contributed by atoms with E-state index in [1.54, 1.807) is 25.4 Å². The van der Waals surface area contributed by atoms with Gasteiger partial charge in [0.15, 0.2) is 5.69 Å². The molecule has 3 heterocycles. The molecule has 0 bridgehead atoms. The van der Waals surface area contributed by atoms with Crippen LogP contribution >= 0.6 is 0 Å². The third-order valence-electron chi connectivity index (χ3n) is 4.24. The van der Waals surface area contributed by atoms with Crippen LogP contribution in [-0.4, -0.2) is 26.2 Å². The normalized spacial score (nSPS) is 14.8. The first-order chi connectivity index (χ1) is 12.2. The summed E-state index contributed by atoms with van der Waals surface area (Å²) >= 11 is 0. The topological polar surface area (TPSA) is 107 Å². The average molecular weight is 339 g/mol.